The van der Waals surface area contributed by atoms with Gasteiger partial charge < -0.3 is 24.0 Å². The predicted octanol–water partition coefficient (Wildman–Crippen LogP) is 1.39. The molecule has 7 nitrogen and oxygen atoms in total. The number of aliphatic hydroxyl groups is 1. The average molecular weight is 330 g/mol. The second-order valence-electron chi connectivity index (χ2n) is 6.24. The Balaban J connectivity index is 1.46. The number of hydrogen-bond acceptors (Lipinski definition) is 6. The van der Waals surface area contributed by atoms with Crippen molar-refractivity contribution in [2.75, 3.05) is 19.9 Å². The Morgan fingerprint density at radius 3 is 2.92 bits per heavy atom. The van der Waals surface area contributed by atoms with E-state index in [4.69, 9.17) is 14.0 Å². The number of benzene rings is 1. The average Bonchev–Trinajstić information content (AvgIpc) is 3.27. The van der Waals surface area contributed by atoms with Gasteiger partial charge in [0, 0.05) is 37.1 Å². The van der Waals surface area contributed by atoms with Gasteiger partial charge in [-0.05, 0) is 25.1 Å². The molecule has 2 atom stereocenters. The lowest BCUT2D eigenvalue weighted by Gasteiger charge is -2.16. The number of likely N-dealkylation sites (tertiary alicyclic amines) is 1. The maximum absolute atomic E-state index is 12.7. The molecule has 1 aromatic carbocycles. The summed E-state index contributed by atoms with van der Waals surface area (Å²) in [6.45, 7) is 2.82. The number of carbonyl (C=O) groups excluding carboxylic acids is 1. The van der Waals surface area contributed by atoms with Crippen molar-refractivity contribution in [1.29, 1.82) is 0 Å². The van der Waals surface area contributed by atoms with Crippen LogP contribution in [0.3, 0.4) is 0 Å². The summed E-state index contributed by atoms with van der Waals surface area (Å²) in [6, 6.07) is 6.99. The number of rotatable bonds is 3. The van der Waals surface area contributed by atoms with Crippen molar-refractivity contribution in [3.63, 3.8) is 0 Å². The monoisotopic (exact) mass is 330 g/mol. The van der Waals surface area contributed by atoms with Crippen LogP contribution in [0, 0.1) is 12.8 Å². The minimum atomic E-state index is -0.576. The van der Waals surface area contributed by atoms with Crippen LogP contribution in [0.15, 0.2) is 28.8 Å². The van der Waals surface area contributed by atoms with Crippen molar-refractivity contribution < 1.29 is 23.9 Å². The van der Waals surface area contributed by atoms with Gasteiger partial charge in [-0.15, -0.1) is 0 Å². The lowest BCUT2D eigenvalue weighted by atomic mass is 10.0. The number of fused-ring (bicyclic) bond motifs is 1. The molecule has 2 aliphatic heterocycles. The second-order valence-corrected chi connectivity index (χ2v) is 6.24. The SMILES string of the molecule is Cc1cc(C[C@@H]2CN(C(=O)c3ccc4c(c3)OCO4)C[C@H]2O)on1. The minimum absolute atomic E-state index is 0.0599. The van der Waals surface area contributed by atoms with Gasteiger partial charge in [-0.3, -0.25) is 4.79 Å². The minimum Gasteiger partial charge on any atom is -0.454 e. The molecule has 0 radical (unpaired) electrons. The van der Waals surface area contributed by atoms with E-state index >= 15 is 0 Å². The third-order valence-electron chi connectivity index (χ3n) is 4.45. The number of aryl methyl sites for hydroxylation is 1. The molecule has 0 aliphatic carbocycles. The Kier molecular flexibility index (Phi) is 3.65. The fourth-order valence-electron chi connectivity index (χ4n) is 3.20. The van der Waals surface area contributed by atoms with Crippen molar-refractivity contribution >= 4 is 5.91 Å². The maximum Gasteiger partial charge on any atom is 0.254 e. The topological polar surface area (TPSA) is 85.0 Å². The van der Waals surface area contributed by atoms with Crippen LogP contribution in [0.5, 0.6) is 11.5 Å². The normalized spacial score (nSPS) is 22.2. The number of aromatic nitrogens is 1. The molecule has 2 aliphatic rings. The molecule has 0 saturated carbocycles. The van der Waals surface area contributed by atoms with E-state index in [0.29, 0.717) is 36.6 Å². The number of hydrogen-bond donors (Lipinski definition) is 1. The van der Waals surface area contributed by atoms with Crippen LogP contribution in [0.4, 0.5) is 0 Å². The molecule has 3 heterocycles. The number of nitrogens with zero attached hydrogens (tertiary/aromatic N) is 2. The highest BCUT2D eigenvalue weighted by Gasteiger charge is 2.35. The molecule has 1 amide bonds. The first-order valence-corrected chi connectivity index (χ1v) is 7.89. The molecule has 0 bridgehead atoms. The van der Waals surface area contributed by atoms with E-state index in [0.717, 1.165) is 11.5 Å². The Morgan fingerprint density at radius 2 is 2.12 bits per heavy atom. The summed E-state index contributed by atoms with van der Waals surface area (Å²) in [5.41, 5.74) is 1.34. The molecule has 126 valence electrons. The van der Waals surface area contributed by atoms with Crippen LogP contribution in [-0.4, -0.2) is 47.1 Å². The molecular formula is C17H18N2O5. The standard InChI is InChI=1S/C17H18N2O5/c1-10-4-13(24-18-10)5-12-7-19(8-14(12)20)17(21)11-2-3-15-16(6-11)23-9-22-15/h2-4,6,12,14,20H,5,7-9H2,1H3/t12-,14-/m1/s1. The number of carbonyl (C=O) groups is 1. The van der Waals surface area contributed by atoms with Crippen LogP contribution in [0.2, 0.25) is 0 Å². The van der Waals surface area contributed by atoms with Crippen molar-refractivity contribution in [1.82, 2.24) is 10.1 Å². The number of aliphatic hydroxyl groups excluding tert-OH is 1. The first-order chi connectivity index (χ1) is 11.6. The van der Waals surface area contributed by atoms with Crippen molar-refractivity contribution in [3.05, 3.63) is 41.3 Å². The predicted molar refractivity (Wildman–Crippen MR) is 82.9 cm³/mol. The van der Waals surface area contributed by atoms with E-state index in [1.807, 2.05) is 13.0 Å². The molecule has 0 spiro atoms. The van der Waals surface area contributed by atoms with Gasteiger partial charge in [0.1, 0.15) is 5.76 Å². The number of ether oxygens (including phenoxy) is 2. The van der Waals surface area contributed by atoms with Gasteiger partial charge in [0.2, 0.25) is 6.79 Å². The molecule has 0 unspecified atom stereocenters. The van der Waals surface area contributed by atoms with Crippen LogP contribution >= 0.6 is 0 Å². The third-order valence-corrected chi connectivity index (χ3v) is 4.45. The molecule has 2 aromatic rings. The van der Waals surface area contributed by atoms with Gasteiger partial charge in [0.15, 0.2) is 11.5 Å². The first-order valence-electron chi connectivity index (χ1n) is 7.89. The summed E-state index contributed by atoms with van der Waals surface area (Å²) < 4.78 is 15.8. The highest BCUT2D eigenvalue weighted by molar-refractivity contribution is 5.95. The van der Waals surface area contributed by atoms with Gasteiger partial charge in [-0.25, -0.2) is 0 Å². The molecular weight excluding hydrogens is 312 g/mol. The number of amides is 1. The Bertz CT molecular complexity index is 772. The Hall–Kier alpha value is -2.54. The van der Waals surface area contributed by atoms with Crippen LogP contribution in [0.1, 0.15) is 21.8 Å². The summed E-state index contributed by atoms with van der Waals surface area (Å²) in [5, 5.41) is 14.1. The van der Waals surface area contributed by atoms with Crippen molar-refractivity contribution in [3.8, 4) is 11.5 Å². The Morgan fingerprint density at radius 1 is 1.29 bits per heavy atom. The van der Waals surface area contributed by atoms with Crippen molar-refractivity contribution in [2.24, 2.45) is 5.92 Å². The first kappa shape index (κ1) is 15.0. The quantitative estimate of drug-likeness (QED) is 0.915. The lowest BCUT2D eigenvalue weighted by Crippen LogP contribution is -2.29. The summed E-state index contributed by atoms with van der Waals surface area (Å²) in [7, 11) is 0. The van der Waals surface area contributed by atoms with Crippen LogP contribution < -0.4 is 9.47 Å². The molecule has 7 heteroatoms. The van der Waals surface area contributed by atoms with Crippen LogP contribution in [0.25, 0.3) is 0 Å². The Labute approximate surface area is 138 Å². The van der Waals surface area contributed by atoms with Crippen molar-refractivity contribution in [2.45, 2.75) is 19.4 Å². The molecule has 1 saturated heterocycles. The number of β-amino-alcohol motifs (C(OH)–C–C–N with tert-alkyl or cyclic N) is 1. The largest absolute Gasteiger partial charge is 0.454 e. The van der Waals surface area contributed by atoms with E-state index in [2.05, 4.69) is 5.16 Å². The summed E-state index contributed by atoms with van der Waals surface area (Å²) in [6.07, 6.45) is -0.0132. The van der Waals surface area contributed by atoms with Gasteiger partial charge in [0.25, 0.3) is 5.91 Å². The zero-order valence-electron chi connectivity index (χ0n) is 13.3. The van der Waals surface area contributed by atoms with Gasteiger partial charge in [0.05, 0.1) is 11.8 Å². The fraction of sp³-hybridized carbons (Fsp3) is 0.412. The smallest absolute Gasteiger partial charge is 0.254 e. The highest BCUT2D eigenvalue weighted by Crippen LogP contribution is 2.33. The van der Waals surface area contributed by atoms with E-state index in [-0.39, 0.29) is 18.6 Å². The van der Waals surface area contributed by atoms with Gasteiger partial charge in [-0.1, -0.05) is 5.16 Å². The van der Waals surface area contributed by atoms with Crippen LogP contribution in [-0.2, 0) is 6.42 Å². The van der Waals surface area contributed by atoms with Gasteiger partial charge in [-0.2, -0.15) is 0 Å². The van der Waals surface area contributed by atoms with E-state index in [1.54, 1.807) is 23.1 Å². The maximum atomic E-state index is 12.7. The summed E-state index contributed by atoms with van der Waals surface area (Å²) in [5.74, 6) is 1.77. The zero-order valence-corrected chi connectivity index (χ0v) is 13.3. The zero-order chi connectivity index (χ0) is 16.7. The van der Waals surface area contributed by atoms with E-state index in [9.17, 15) is 9.90 Å². The highest BCUT2D eigenvalue weighted by atomic mass is 16.7. The molecule has 1 N–H and O–H groups in total. The van der Waals surface area contributed by atoms with E-state index < -0.39 is 6.10 Å². The second kappa shape index (κ2) is 5.83. The summed E-state index contributed by atoms with van der Waals surface area (Å²) >= 11 is 0. The molecule has 4 rings (SSSR count). The van der Waals surface area contributed by atoms with Gasteiger partial charge >= 0.3 is 0 Å². The lowest BCUT2D eigenvalue weighted by molar-refractivity contribution is 0.0764. The molecule has 1 aromatic heterocycles. The molecule has 24 heavy (non-hydrogen) atoms. The van der Waals surface area contributed by atoms with E-state index in [1.165, 1.54) is 0 Å². The molecule has 1 fully saturated rings. The summed E-state index contributed by atoms with van der Waals surface area (Å²) in [4.78, 5) is 14.3. The third kappa shape index (κ3) is 2.71. The fourth-order valence-corrected chi connectivity index (χ4v) is 3.20.